The van der Waals surface area contributed by atoms with Gasteiger partial charge in [0.15, 0.2) is 0 Å². The molecule has 0 spiro atoms. The highest BCUT2D eigenvalue weighted by Crippen LogP contribution is 2.38. The first-order chi connectivity index (χ1) is 13.1. The van der Waals surface area contributed by atoms with Crippen LogP contribution >= 0.6 is 23.2 Å². The average molecular weight is 470 g/mol. The van der Waals surface area contributed by atoms with Gasteiger partial charge >= 0.3 is 5.51 Å². The number of nitrogens with one attached hydrogen (secondary N) is 1. The van der Waals surface area contributed by atoms with Gasteiger partial charge in [-0.05, 0) is 29.7 Å². The van der Waals surface area contributed by atoms with Crippen LogP contribution in [0.4, 0.5) is 18.9 Å². The largest absolute Gasteiger partial charge is 0.507 e. The van der Waals surface area contributed by atoms with Crippen LogP contribution in [0.15, 0.2) is 35.2 Å². The lowest BCUT2D eigenvalue weighted by molar-refractivity contribution is -0.0436. The second-order valence-corrected chi connectivity index (χ2v) is 9.87. The first-order valence-corrected chi connectivity index (χ1v) is 10.3. The number of amides is 1. The van der Waals surface area contributed by atoms with Crippen LogP contribution in [-0.4, -0.2) is 24.9 Å². The van der Waals surface area contributed by atoms with Crippen LogP contribution in [0.25, 0.3) is 0 Å². The van der Waals surface area contributed by atoms with Crippen molar-refractivity contribution < 1.29 is 31.5 Å². The van der Waals surface area contributed by atoms with E-state index >= 15 is 0 Å². The molecule has 0 saturated heterocycles. The van der Waals surface area contributed by atoms with Gasteiger partial charge in [0.1, 0.15) is 11.3 Å². The molecule has 2 aromatic carbocycles. The summed E-state index contributed by atoms with van der Waals surface area (Å²) in [5.41, 5.74) is -5.95. The van der Waals surface area contributed by atoms with E-state index in [2.05, 4.69) is 5.32 Å². The van der Waals surface area contributed by atoms with E-state index in [9.17, 15) is 31.5 Å². The van der Waals surface area contributed by atoms with E-state index in [1.807, 2.05) is 20.8 Å². The van der Waals surface area contributed by atoms with Crippen molar-refractivity contribution in [1.82, 2.24) is 0 Å². The fourth-order valence-corrected chi connectivity index (χ4v) is 3.79. The summed E-state index contributed by atoms with van der Waals surface area (Å²) in [6.45, 7) is 5.44. The number of rotatable bonds is 3. The molecule has 0 bridgehead atoms. The molecule has 29 heavy (non-hydrogen) atoms. The maximum absolute atomic E-state index is 12.7. The molecule has 0 aliphatic heterocycles. The molecule has 0 fully saturated rings. The Morgan fingerprint density at radius 3 is 2.10 bits per heavy atom. The molecule has 0 heterocycles. The van der Waals surface area contributed by atoms with Gasteiger partial charge in [0.05, 0.1) is 20.6 Å². The summed E-state index contributed by atoms with van der Waals surface area (Å²) in [5.74, 6) is -1.22. The number of alkyl halides is 3. The van der Waals surface area contributed by atoms with Gasteiger partial charge in [-0.2, -0.15) is 13.2 Å². The number of aromatic hydroxyl groups is 1. The zero-order valence-corrected chi connectivity index (χ0v) is 17.7. The molecule has 0 saturated carbocycles. The molecular formula is C18H16Cl2F3NO4S. The Hall–Kier alpha value is -1.97. The van der Waals surface area contributed by atoms with Crippen LogP contribution in [0.2, 0.25) is 10.0 Å². The lowest BCUT2D eigenvalue weighted by Crippen LogP contribution is -2.23. The zero-order chi connectivity index (χ0) is 22.4. The minimum atomic E-state index is -5.59. The summed E-state index contributed by atoms with van der Waals surface area (Å²) in [7, 11) is -5.59. The molecule has 0 radical (unpaired) electrons. The summed E-state index contributed by atoms with van der Waals surface area (Å²) in [5, 5.41) is 12.3. The van der Waals surface area contributed by atoms with Gasteiger partial charge in [0.25, 0.3) is 15.7 Å². The number of phenols is 1. The van der Waals surface area contributed by atoms with E-state index in [1.165, 1.54) is 6.07 Å². The second-order valence-electron chi connectivity index (χ2n) is 7.11. The maximum atomic E-state index is 12.7. The normalized spacial score (nSPS) is 12.7. The SMILES string of the molecule is CC(C)(C)c1ccc(Cl)c(C(=O)Nc2ccc(S(=O)(=O)C(F)(F)F)cc2Cl)c1O. The summed E-state index contributed by atoms with van der Waals surface area (Å²) in [4.78, 5) is 11.5. The summed E-state index contributed by atoms with van der Waals surface area (Å²) in [6, 6.07) is 5.15. The third-order valence-corrected chi connectivity index (χ3v) is 6.08. The van der Waals surface area contributed by atoms with Crippen LogP contribution in [0, 0.1) is 0 Å². The Balaban J connectivity index is 2.43. The van der Waals surface area contributed by atoms with Crippen molar-refractivity contribution in [3.63, 3.8) is 0 Å². The van der Waals surface area contributed by atoms with Gasteiger partial charge in [0.2, 0.25) is 0 Å². The van der Waals surface area contributed by atoms with Gasteiger partial charge in [0, 0.05) is 5.56 Å². The minimum absolute atomic E-state index is 0.0552. The highest BCUT2D eigenvalue weighted by molar-refractivity contribution is 7.92. The molecule has 0 aliphatic rings. The molecule has 0 aromatic heterocycles. The molecular weight excluding hydrogens is 454 g/mol. The van der Waals surface area contributed by atoms with Crippen molar-refractivity contribution in [3.05, 3.63) is 51.5 Å². The highest BCUT2D eigenvalue weighted by Gasteiger charge is 2.47. The quantitative estimate of drug-likeness (QED) is 0.617. The van der Waals surface area contributed by atoms with Crippen molar-refractivity contribution in [1.29, 1.82) is 0 Å². The highest BCUT2D eigenvalue weighted by atomic mass is 35.5. The minimum Gasteiger partial charge on any atom is -0.507 e. The fraction of sp³-hybridized carbons (Fsp3) is 0.278. The number of phenolic OH excluding ortho intramolecular Hbond substituents is 1. The van der Waals surface area contributed by atoms with Gasteiger partial charge < -0.3 is 10.4 Å². The number of hydrogen-bond acceptors (Lipinski definition) is 4. The first-order valence-electron chi connectivity index (χ1n) is 8.01. The van der Waals surface area contributed by atoms with Crippen LogP contribution in [0.3, 0.4) is 0 Å². The lowest BCUT2D eigenvalue weighted by Gasteiger charge is -2.22. The molecule has 11 heteroatoms. The molecule has 2 rings (SSSR count). The van der Waals surface area contributed by atoms with E-state index in [0.29, 0.717) is 17.7 Å². The van der Waals surface area contributed by atoms with E-state index in [0.717, 1.165) is 6.07 Å². The van der Waals surface area contributed by atoms with Crippen LogP contribution in [-0.2, 0) is 15.3 Å². The van der Waals surface area contributed by atoms with E-state index in [1.54, 1.807) is 6.07 Å². The maximum Gasteiger partial charge on any atom is 0.501 e. The summed E-state index contributed by atoms with van der Waals surface area (Å²) in [6.07, 6.45) is 0. The summed E-state index contributed by atoms with van der Waals surface area (Å²) < 4.78 is 60.9. The average Bonchev–Trinajstić information content (AvgIpc) is 2.54. The van der Waals surface area contributed by atoms with E-state index in [4.69, 9.17) is 23.2 Å². The van der Waals surface area contributed by atoms with Crippen LogP contribution < -0.4 is 5.32 Å². The number of anilines is 1. The van der Waals surface area contributed by atoms with E-state index in [-0.39, 0.29) is 22.0 Å². The standard InChI is InChI=1S/C18H16Cl2F3NO4S/c1-17(2,3)10-5-6-11(19)14(15(10)25)16(26)24-13-7-4-9(8-12(13)20)29(27,28)18(21,22)23/h4-8,25H,1-3H3,(H,24,26). The predicted molar refractivity (Wildman–Crippen MR) is 104 cm³/mol. The lowest BCUT2D eigenvalue weighted by atomic mass is 9.85. The van der Waals surface area contributed by atoms with Gasteiger partial charge in [-0.3, -0.25) is 4.79 Å². The number of halogens is 5. The Kier molecular flexibility index (Phi) is 6.19. The molecule has 0 unspecified atom stereocenters. The molecule has 5 nitrogen and oxygen atoms in total. The Morgan fingerprint density at radius 2 is 1.62 bits per heavy atom. The van der Waals surface area contributed by atoms with Crippen molar-refractivity contribution in [2.24, 2.45) is 0 Å². The molecule has 0 aliphatic carbocycles. The Morgan fingerprint density at radius 1 is 1.03 bits per heavy atom. The smallest absolute Gasteiger partial charge is 0.501 e. The number of carbonyl (C=O) groups is 1. The zero-order valence-electron chi connectivity index (χ0n) is 15.4. The molecule has 2 N–H and O–H groups in total. The van der Waals surface area contributed by atoms with Crippen molar-refractivity contribution >= 4 is 44.6 Å². The Bertz CT molecular complexity index is 1080. The molecule has 2 aromatic rings. The number of sulfone groups is 1. The van der Waals surface area contributed by atoms with Gasteiger partial charge in [-0.1, -0.05) is 50.0 Å². The van der Waals surface area contributed by atoms with Crippen molar-refractivity contribution in [3.8, 4) is 5.75 Å². The van der Waals surface area contributed by atoms with Gasteiger partial charge in [-0.25, -0.2) is 8.42 Å². The second kappa shape index (κ2) is 7.70. The third kappa shape index (κ3) is 4.62. The van der Waals surface area contributed by atoms with Crippen molar-refractivity contribution in [2.75, 3.05) is 5.32 Å². The number of benzene rings is 2. The summed E-state index contributed by atoms with van der Waals surface area (Å²) >= 11 is 11.9. The first kappa shape index (κ1) is 23.3. The van der Waals surface area contributed by atoms with Crippen LogP contribution in [0.5, 0.6) is 5.75 Å². The molecule has 0 atom stereocenters. The predicted octanol–water partition coefficient (Wildman–Crippen LogP) is 5.54. The van der Waals surface area contributed by atoms with Crippen LogP contribution in [0.1, 0.15) is 36.7 Å². The monoisotopic (exact) mass is 469 g/mol. The molecule has 1 amide bonds. The number of carbonyl (C=O) groups excluding carboxylic acids is 1. The number of hydrogen-bond donors (Lipinski definition) is 2. The van der Waals surface area contributed by atoms with E-state index < -0.39 is 36.6 Å². The molecule has 158 valence electrons. The third-order valence-electron chi connectivity index (χ3n) is 3.97. The topological polar surface area (TPSA) is 83.5 Å². The fourth-order valence-electron chi connectivity index (χ4n) is 2.47. The Labute approximate surface area is 175 Å². The van der Waals surface area contributed by atoms with Crippen molar-refractivity contribution in [2.45, 2.75) is 36.6 Å². The van der Waals surface area contributed by atoms with Gasteiger partial charge in [-0.15, -0.1) is 0 Å².